The minimum atomic E-state index is -3.75. The van der Waals surface area contributed by atoms with Gasteiger partial charge in [0.25, 0.3) is 0 Å². The van der Waals surface area contributed by atoms with Crippen LogP contribution in [0.1, 0.15) is 45.5 Å². The monoisotopic (exact) mass is 465 g/mol. The standard InChI is InChI=1S/C20H23N3O6S2/c1-12-17(19(26)29-3)30-20(21-12)22-18(25)14-7-9-23(10-8-14)31(27,28)16-6-4-5-15(11-16)13(2)24/h4-6,11,14H,7-10H2,1-3H3,(H,21,22,25). The number of nitrogens with zero attached hydrogens (tertiary/aromatic N) is 2. The van der Waals surface area contributed by atoms with Crippen LogP contribution >= 0.6 is 11.3 Å². The van der Waals surface area contributed by atoms with Gasteiger partial charge in [-0.15, -0.1) is 0 Å². The molecule has 1 aromatic carbocycles. The van der Waals surface area contributed by atoms with Crippen molar-refractivity contribution in [2.24, 2.45) is 5.92 Å². The van der Waals surface area contributed by atoms with Gasteiger partial charge in [-0.3, -0.25) is 9.59 Å². The zero-order valence-electron chi connectivity index (χ0n) is 17.4. The van der Waals surface area contributed by atoms with Gasteiger partial charge in [0.2, 0.25) is 15.9 Å². The Balaban J connectivity index is 1.64. The van der Waals surface area contributed by atoms with Crippen LogP contribution in [0.3, 0.4) is 0 Å². The minimum Gasteiger partial charge on any atom is -0.465 e. The maximum absolute atomic E-state index is 12.9. The van der Waals surface area contributed by atoms with Gasteiger partial charge in [0.1, 0.15) is 4.88 Å². The van der Waals surface area contributed by atoms with Crippen molar-refractivity contribution in [2.45, 2.75) is 31.6 Å². The number of sulfonamides is 1. The fraction of sp³-hybridized carbons (Fsp3) is 0.400. The number of ketones is 1. The second kappa shape index (κ2) is 9.25. The van der Waals surface area contributed by atoms with E-state index in [1.165, 1.54) is 30.5 Å². The second-order valence-corrected chi connectivity index (χ2v) is 10.1. The van der Waals surface area contributed by atoms with Gasteiger partial charge >= 0.3 is 5.97 Å². The Bertz CT molecular complexity index is 1120. The van der Waals surface area contributed by atoms with Crippen molar-refractivity contribution in [3.05, 3.63) is 40.4 Å². The van der Waals surface area contributed by atoms with Crippen LogP contribution < -0.4 is 5.32 Å². The first-order valence-corrected chi connectivity index (χ1v) is 11.9. The summed E-state index contributed by atoms with van der Waals surface area (Å²) in [4.78, 5) is 40.4. The summed E-state index contributed by atoms with van der Waals surface area (Å²) in [6.07, 6.45) is 0.706. The lowest BCUT2D eigenvalue weighted by Crippen LogP contribution is -2.41. The van der Waals surface area contributed by atoms with Crippen LogP contribution in [0.2, 0.25) is 0 Å². The number of hydrogen-bond acceptors (Lipinski definition) is 8. The molecule has 0 spiro atoms. The molecule has 0 radical (unpaired) electrons. The van der Waals surface area contributed by atoms with Gasteiger partial charge in [-0.25, -0.2) is 18.2 Å². The van der Waals surface area contributed by atoms with Crippen LogP contribution in [0.4, 0.5) is 5.13 Å². The molecule has 11 heteroatoms. The van der Waals surface area contributed by atoms with Gasteiger partial charge in [-0.05, 0) is 38.8 Å². The fourth-order valence-electron chi connectivity index (χ4n) is 3.32. The largest absolute Gasteiger partial charge is 0.465 e. The highest BCUT2D eigenvalue weighted by molar-refractivity contribution is 7.89. The molecule has 0 aliphatic carbocycles. The molecule has 1 aromatic heterocycles. The van der Waals surface area contributed by atoms with Crippen molar-refractivity contribution in [3.8, 4) is 0 Å². The van der Waals surface area contributed by atoms with Crippen molar-refractivity contribution in [1.82, 2.24) is 9.29 Å². The lowest BCUT2D eigenvalue weighted by Gasteiger charge is -2.30. The number of rotatable bonds is 6. The average Bonchev–Trinajstić information content (AvgIpc) is 3.13. The summed E-state index contributed by atoms with van der Waals surface area (Å²) in [7, 11) is -2.48. The van der Waals surface area contributed by atoms with E-state index in [1.54, 1.807) is 19.1 Å². The van der Waals surface area contributed by atoms with E-state index in [0.717, 1.165) is 11.3 Å². The van der Waals surface area contributed by atoms with Crippen LogP contribution in [0.25, 0.3) is 0 Å². The second-order valence-electron chi connectivity index (χ2n) is 7.18. The molecule has 0 bridgehead atoms. The number of aryl methyl sites for hydroxylation is 1. The highest BCUT2D eigenvalue weighted by Crippen LogP contribution is 2.27. The van der Waals surface area contributed by atoms with Gasteiger partial charge in [-0.2, -0.15) is 4.31 Å². The summed E-state index contributed by atoms with van der Waals surface area (Å²) in [5.41, 5.74) is 0.807. The SMILES string of the molecule is COC(=O)c1sc(NC(=O)C2CCN(S(=O)(=O)c3cccc(C(C)=O)c3)CC2)nc1C. The van der Waals surface area contributed by atoms with E-state index in [-0.39, 0.29) is 35.6 Å². The molecular formula is C20H23N3O6S2. The lowest BCUT2D eigenvalue weighted by atomic mass is 9.97. The Hall–Kier alpha value is -2.63. The summed E-state index contributed by atoms with van der Waals surface area (Å²) in [6, 6.07) is 5.96. The first kappa shape index (κ1) is 23.0. The Morgan fingerprint density at radius 3 is 2.52 bits per heavy atom. The number of anilines is 1. The van der Waals surface area contributed by atoms with E-state index < -0.39 is 16.0 Å². The normalized spacial score (nSPS) is 15.5. The minimum absolute atomic E-state index is 0.0664. The number of thiazole rings is 1. The van der Waals surface area contributed by atoms with E-state index in [9.17, 15) is 22.8 Å². The first-order valence-electron chi connectivity index (χ1n) is 9.61. The molecule has 0 atom stereocenters. The summed E-state index contributed by atoms with van der Waals surface area (Å²) in [5.74, 6) is -1.36. The molecule has 1 aliphatic rings. The van der Waals surface area contributed by atoms with E-state index in [2.05, 4.69) is 15.0 Å². The van der Waals surface area contributed by atoms with Gasteiger partial charge in [0, 0.05) is 24.6 Å². The maximum atomic E-state index is 12.9. The van der Waals surface area contributed by atoms with Crippen molar-refractivity contribution in [1.29, 1.82) is 0 Å². The van der Waals surface area contributed by atoms with E-state index in [4.69, 9.17) is 0 Å². The van der Waals surface area contributed by atoms with Crippen LogP contribution in [0, 0.1) is 12.8 Å². The predicted octanol–water partition coefficient (Wildman–Crippen LogP) is 2.48. The quantitative estimate of drug-likeness (QED) is 0.513. The maximum Gasteiger partial charge on any atom is 0.350 e. The molecule has 0 unspecified atom stereocenters. The number of Topliss-reactive ketones (excluding diaryl/α,β-unsaturated/α-hetero) is 1. The summed E-state index contributed by atoms with van der Waals surface area (Å²) in [6.45, 7) is 3.42. The highest BCUT2D eigenvalue weighted by Gasteiger charge is 2.32. The molecule has 9 nitrogen and oxygen atoms in total. The smallest absolute Gasteiger partial charge is 0.350 e. The fourth-order valence-corrected chi connectivity index (χ4v) is 5.73. The molecule has 1 amide bonds. The van der Waals surface area contributed by atoms with Crippen LogP contribution in [0.5, 0.6) is 0 Å². The van der Waals surface area contributed by atoms with Gasteiger partial charge in [0.05, 0.1) is 17.7 Å². The number of esters is 1. The molecular weight excluding hydrogens is 442 g/mol. The Kier molecular flexibility index (Phi) is 6.87. The Morgan fingerprint density at radius 2 is 1.90 bits per heavy atom. The van der Waals surface area contributed by atoms with E-state index >= 15 is 0 Å². The number of piperidine rings is 1. The molecule has 1 saturated heterocycles. The van der Waals surface area contributed by atoms with Gasteiger partial charge < -0.3 is 10.1 Å². The van der Waals surface area contributed by atoms with Crippen molar-refractivity contribution in [2.75, 3.05) is 25.5 Å². The topological polar surface area (TPSA) is 123 Å². The number of carbonyl (C=O) groups is 3. The number of aromatic nitrogens is 1. The number of methoxy groups -OCH3 is 1. The van der Waals surface area contributed by atoms with Crippen molar-refractivity contribution in [3.63, 3.8) is 0 Å². The number of amides is 1. The van der Waals surface area contributed by atoms with Crippen LogP contribution in [0.15, 0.2) is 29.2 Å². The molecule has 1 aliphatic heterocycles. The molecule has 1 N–H and O–H groups in total. The molecule has 0 saturated carbocycles. The van der Waals surface area contributed by atoms with Gasteiger partial charge in [-0.1, -0.05) is 23.5 Å². The van der Waals surface area contributed by atoms with Crippen molar-refractivity contribution >= 4 is 44.2 Å². The van der Waals surface area contributed by atoms with Crippen LogP contribution in [-0.2, 0) is 19.6 Å². The zero-order valence-corrected chi connectivity index (χ0v) is 19.0. The van der Waals surface area contributed by atoms with Gasteiger partial charge in [0.15, 0.2) is 10.9 Å². The lowest BCUT2D eigenvalue weighted by molar-refractivity contribution is -0.120. The highest BCUT2D eigenvalue weighted by atomic mass is 32.2. The number of hydrogen-bond donors (Lipinski definition) is 1. The van der Waals surface area contributed by atoms with Crippen LogP contribution in [-0.4, -0.2) is 55.6 Å². The number of benzene rings is 1. The first-order chi connectivity index (χ1) is 14.6. The molecule has 1 fully saturated rings. The predicted molar refractivity (Wildman–Crippen MR) is 115 cm³/mol. The molecule has 3 rings (SSSR count). The molecule has 2 aromatic rings. The van der Waals surface area contributed by atoms with E-state index in [0.29, 0.717) is 34.1 Å². The number of ether oxygens (including phenoxy) is 1. The number of nitrogens with one attached hydrogen (secondary N) is 1. The summed E-state index contributed by atoms with van der Waals surface area (Å²) in [5, 5.41) is 3.02. The van der Waals surface area contributed by atoms with E-state index in [1.807, 2.05) is 0 Å². The Labute approximate surface area is 184 Å². The molecule has 2 heterocycles. The molecule has 166 valence electrons. The number of carbonyl (C=O) groups excluding carboxylic acids is 3. The third-order valence-corrected chi connectivity index (χ3v) is 8.05. The third-order valence-electron chi connectivity index (χ3n) is 5.10. The summed E-state index contributed by atoms with van der Waals surface area (Å²) >= 11 is 1.04. The Morgan fingerprint density at radius 1 is 1.23 bits per heavy atom. The van der Waals surface area contributed by atoms with Crippen molar-refractivity contribution < 1.29 is 27.5 Å². The summed E-state index contributed by atoms with van der Waals surface area (Å²) < 4.78 is 31.9. The molecule has 31 heavy (non-hydrogen) atoms. The third kappa shape index (κ3) is 5.00. The average molecular weight is 466 g/mol. The zero-order chi connectivity index (χ0) is 22.8.